The topological polar surface area (TPSA) is 73.9 Å². The Morgan fingerprint density at radius 1 is 1.10 bits per heavy atom. The Morgan fingerprint density at radius 2 is 1.97 bits per heavy atom. The van der Waals surface area contributed by atoms with Gasteiger partial charge in [-0.15, -0.1) is 0 Å². The Hall–Kier alpha value is -2.58. The summed E-state index contributed by atoms with van der Waals surface area (Å²) in [6.45, 7) is 7.25. The minimum absolute atomic E-state index is 0.271. The first-order valence-electron chi connectivity index (χ1n) is 11.3. The molecule has 166 valence electrons. The van der Waals surface area contributed by atoms with Gasteiger partial charge in [-0.05, 0) is 42.5 Å². The third kappa shape index (κ3) is 4.85. The van der Waals surface area contributed by atoms with Crippen LogP contribution in [0.5, 0.6) is 11.5 Å². The van der Waals surface area contributed by atoms with Crippen LogP contribution in [0.25, 0.3) is 0 Å². The lowest BCUT2D eigenvalue weighted by molar-refractivity contribution is -0.133. The molecule has 8 nitrogen and oxygen atoms in total. The van der Waals surface area contributed by atoms with E-state index in [0.29, 0.717) is 19.3 Å². The third-order valence-electron chi connectivity index (χ3n) is 6.70. The number of hydrogen-bond donors (Lipinski definition) is 1. The smallest absolute Gasteiger partial charge is 0.231 e. The van der Waals surface area contributed by atoms with Gasteiger partial charge in [-0.25, -0.2) is 0 Å². The fourth-order valence-electron chi connectivity index (χ4n) is 4.89. The molecule has 3 aliphatic heterocycles. The van der Waals surface area contributed by atoms with Crippen molar-refractivity contribution in [2.24, 2.45) is 0 Å². The summed E-state index contributed by atoms with van der Waals surface area (Å²) >= 11 is 0. The number of carbonyl (C=O) groups excluding carboxylic acids is 1. The first kappa shape index (κ1) is 20.3. The minimum Gasteiger partial charge on any atom is -0.454 e. The van der Waals surface area contributed by atoms with Crippen molar-refractivity contribution in [1.82, 2.24) is 24.9 Å². The SMILES string of the molecule is O=C(CCc1cn[nH]c1)N1CCC[C@@H](N2CCN(Cc3ccc4c(c3)OCO4)CC2)C1. The van der Waals surface area contributed by atoms with E-state index < -0.39 is 0 Å². The number of ether oxygens (including phenoxy) is 2. The van der Waals surface area contributed by atoms with Crippen LogP contribution >= 0.6 is 0 Å². The minimum atomic E-state index is 0.271. The van der Waals surface area contributed by atoms with E-state index in [-0.39, 0.29) is 5.91 Å². The summed E-state index contributed by atoms with van der Waals surface area (Å²) in [5.41, 5.74) is 2.37. The number of aromatic nitrogens is 2. The second-order valence-corrected chi connectivity index (χ2v) is 8.74. The normalized spacial score (nSPS) is 22.1. The Bertz CT molecular complexity index is 879. The zero-order valence-electron chi connectivity index (χ0n) is 18.0. The number of nitrogens with zero attached hydrogens (tertiary/aromatic N) is 4. The molecule has 1 atom stereocenters. The summed E-state index contributed by atoms with van der Waals surface area (Å²) in [6, 6.07) is 6.73. The van der Waals surface area contributed by atoms with Gasteiger partial charge in [-0.2, -0.15) is 5.10 Å². The summed E-state index contributed by atoms with van der Waals surface area (Å²) in [4.78, 5) is 19.9. The summed E-state index contributed by atoms with van der Waals surface area (Å²) in [5.74, 6) is 1.97. The molecular weight excluding hydrogens is 394 g/mol. The Kier molecular flexibility index (Phi) is 6.08. The number of nitrogens with one attached hydrogen (secondary N) is 1. The Labute approximate surface area is 183 Å². The van der Waals surface area contributed by atoms with Crippen molar-refractivity contribution in [2.45, 2.75) is 38.3 Å². The van der Waals surface area contributed by atoms with Gasteiger partial charge in [0, 0.05) is 64.5 Å². The van der Waals surface area contributed by atoms with Crippen molar-refractivity contribution in [1.29, 1.82) is 0 Å². The van der Waals surface area contributed by atoms with Crippen LogP contribution in [-0.4, -0.2) is 82.9 Å². The number of aryl methyl sites for hydroxylation is 1. The Morgan fingerprint density at radius 3 is 2.81 bits per heavy atom. The number of hydrogen-bond acceptors (Lipinski definition) is 6. The van der Waals surface area contributed by atoms with Crippen molar-refractivity contribution in [3.8, 4) is 11.5 Å². The quantitative estimate of drug-likeness (QED) is 0.762. The molecular formula is C23H31N5O3. The number of amides is 1. The molecule has 8 heteroatoms. The highest BCUT2D eigenvalue weighted by Gasteiger charge is 2.30. The van der Waals surface area contributed by atoms with E-state index >= 15 is 0 Å². The second kappa shape index (κ2) is 9.28. The second-order valence-electron chi connectivity index (χ2n) is 8.74. The van der Waals surface area contributed by atoms with Crippen LogP contribution in [0.4, 0.5) is 0 Å². The van der Waals surface area contributed by atoms with E-state index in [0.717, 1.165) is 75.7 Å². The zero-order chi connectivity index (χ0) is 21.0. The summed E-state index contributed by atoms with van der Waals surface area (Å²) in [6.07, 6.45) is 7.28. The third-order valence-corrected chi connectivity index (χ3v) is 6.70. The highest BCUT2D eigenvalue weighted by atomic mass is 16.7. The molecule has 0 spiro atoms. The molecule has 1 amide bonds. The van der Waals surface area contributed by atoms with E-state index in [4.69, 9.17) is 9.47 Å². The van der Waals surface area contributed by atoms with Crippen LogP contribution in [0.3, 0.4) is 0 Å². The monoisotopic (exact) mass is 425 g/mol. The summed E-state index contributed by atoms with van der Waals surface area (Å²) in [7, 11) is 0. The number of fused-ring (bicyclic) bond motifs is 1. The van der Waals surface area contributed by atoms with Crippen LogP contribution in [0, 0.1) is 0 Å². The fourth-order valence-corrected chi connectivity index (χ4v) is 4.89. The fraction of sp³-hybridized carbons (Fsp3) is 0.565. The Balaban J connectivity index is 1.09. The summed E-state index contributed by atoms with van der Waals surface area (Å²) in [5, 5.41) is 6.78. The molecule has 2 saturated heterocycles. The predicted octanol–water partition coefficient (Wildman–Crippen LogP) is 1.88. The highest BCUT2D eigenvalue weighted by molar-refractivity contribution is 5.76. The van der Waals surface area contributed by atoms with E-state index in [1.165, 1.54) is 12.0 Å². The van der Waals surface area contributed by atoms with Gasteiger partial charge in [0.2, 0.25) is 12.7 Å². The zero-order valence-corrected chi connectivity index (χ0v) is 18.0. The number of piperazine rings is 1. The summed E-state index contributed by atoms with van der Waals surface area (Å²) < 4.78 is 10.9. The number of likely N-dealkylation sites (tertiary alicyclic amines) is 1. The molecule has 5 rings (SSSR count). The van der Waals surface area contributed by atoms with E-state index in [2.05, 4.69) is 37.0 Å². The number of benzene rings is 1. The first-order valence-corrected chi connectivity index (χ1v) is 11.3. The van der Waals surface area contributed by atoms with Crippen LogP contribution in [0.1, 0.15) is 30.4 Å². The van der Waals surface area contributed by atoms with Crippen molar-refractivity contribution in [3.63, 3.8) is 0 Å². The number of piperidine rings is 1. The number of carbonyl (C=O) groups is 1. The average molecular weight is 426 g/mol. The standard InChI is InChI=1S/C23H31N5O3/c29-23(6-4-19-13-24-25-14-19)28-7-1-2-20(16-28)27-10-8-26(9-11-27)15-18-3-5-21-22(12-18)31-17-30-21/h3,5,12-14,20H,1-2,4,6-11,15-17H2,(H,24,25)/t20-/m1/s1. The van der Waals surface area contributed by atoms with Crippen molar-refractivity contribution >= 4 is 5.91 Å². The van der Waals surface area contributed by atoms with E-state index in [9.17, 15) is 4.79 Å². The van der Waals surface area contributed by atoms with E-state index in [1.54, 1.807) is 6.20 Å². The maximum atomic E-state index is 12.7. The molecule has 2 aromatic rings. The molecule has 0 saturated carbocycles. The molecule has 0 bridgehead atoms. The van der Waals surface area contributed by atoms with Gasteiger partial charge in [0.25, 0.3) is 0 Å². The molecule has 0 radical (unpaired) electrons. The lowest BCUT2D eigenvalue weighted by Gasteiger charge is -2.43. The van der Waals surface area contributed by atoms with Crippen LogP contribution in [-0.2, 0) is 17.8 Å². The predicted molar refractivity (Wildman–Crippen MR) is 116 cm³/mol. The molecule has 1 aromatic heterocycles. The maximum Gasteiger partial charge on any atom is 0.231 e. The van der Waals surface area contributed by atoms with Gasteiger partial charge >= 0.3 is 0 Å². The van der Waals surface area contributed by atoms with Gasteiger partial charge < -0.3 is 14.4 Å². The molecule has 0 unspecified atom stereocenters. The molecule has 3 aliphatic rings. The van der Waals surface area contributed by atoms with Crippen molar-refractivity contribution in [3.05, 3.63) is 41.7 Å². The van der Waals surface area contributed by atoms with Gasteiger partial charge in [0.05, 0.1) is 6.20 Å². The van der Waals surface area contributed by atoms with Gasteiger partial charge in [0.1, 0.15) is 0 Å². The molecule has 1 aromatic carbocycles. The molecule has 2 fully saturated rings. The maximum absolute atomic E-state index is 12.7. The van der Waals surface area contributed by atoms with Crippen LogP contribution < -0.4 is 9.47 Å². The van der Waals surface area contributed by atoms with Crippen LogP contribution in [0.2, 0.25) is 0 Å². The first-order chi connectivity index (χ1) is 15.2. The number of H-pyrrole nitrogens is 1. The van der Waals surface area contributed by atoms with Gasteiger partial charge in [-0.1, -0.05) is 6.07 Å². The van der Waals surface area contributed by atoms with Crippen molar-refractivity contribution in [2.75, 3.05) is 46.1 Å². The lowest BCUT2D eigenvalue weighted by Crippen LogP contribution is -2.55. The molecule has 31 heavy (non-hydrogen) atoms. The van der Waals surface area contributed by atoms with Crippen molar-refractivity contribution < 1.29 is 14.3 Å². The van der Waals surface area contributed by atoms with E-state index in [1.807, 2.05) is 12.3 Å². The highest BCUT2D eigenvalue weighted by Crippen LogP contribution is 2.33. The largest absolute Gasteiger partial charge is 0.454 e. The average Bonchev–Trinajstić information content (AvgIpc) is 3.50. The lowest BCUT2D eigenvalue weighted by atomic mass is 10.0. The number of aromatic amines is 1. The molecule has 4 heterocycles. The van der Waals surface area contributed by atoms with Crippen LogP contribution in [0.15, 0.2) is 30.6 Å². The van der Waals surface area contributed by atoms with Gasteiger partial charge in [-0.3, -0.25) is 19.7 Å². The molecule has 1 N–H and O–H groups in total. The molecule has 0 aliphatic carbocycles. The van der Waals surface area contributed by atoms with Gasteiger partial charge in [0.15, 0.2) is 11.5 Å². The number of rotatable bonds is 6.